The van der Waals surface area contributed by atoms with Crippen molar-refractivity contribution in [3.8, 4) is 0 Å². The van der Waals surface area contributed by atoms with Gasteiger partial charge in [0, 0.05) is 30.2 Å². The second kappa shape index (κ2) is 9.27. The van der Waals surface area contributed by atoms with Gasteiger partial charge in [-0.3, -0.25) is 9.59 Å². The SMILES string of the molecule is O=C(CCNC(=O)c1cccs1)NCCSc1ccccc1. The van der Waals surface area contributed by atoms with Crippen LogP contribution >= 0.6 is 23.1 Å². The molecule has 116 valence electrons. The van der Waals surface area contributed by atoms with Crippen molar-refractivity contribution in [2.24, 2.45) is 0 Å². The first-order chi connectivity index (χ1) is 10.8. The Morgan fingerprint density at radius 3 is 2.55 bits per heavy atom. The zero-order chi connectivity index (χ0) is 15.6. The number of rotatable bonds is 8. The van der Waals surface area contributed by atoms with E-state index in [1.807, 2.05) is 41.8 Å². The van der Waals surface area contributed by atoms with Crippen molar-refractivity contribution in [3.05, 3.63) is 52.7 Å². The van der Waals surface area contributed by atoms with Gasteiger partial charge in [-0.25, -0.2) is 0 Å². The summed E-state index contributed by atoms with van der Waals surface area (Å²) in [5.41, 5.74) is 0. The molecule has 0 aliphatic carbocycles. The summed E-state index contributed by atoms with van der Waals surface area (Å²) < 4.78 is 0. The second-order valence-electron chi connectivity index (χ2n) is 4.49. The minimum absolute atomic E-state index is 0.0415. The number of carbonyl (C=O) groups is 2. The van der Waals surface area contributed by atoms with Crippen LogP contribution in [0, 0.1) is 0 Å². The second-order valence-corrected chi connectivity index (χ2v) is 6.61. The molecule has 0 radical (unpaired) electrons. The highest BCUT2D eigenvalue weighted by Gasteiger charge is 2.06. The number of benzene rings is 1. The topological polar surface area (TPSA) is 58.2 Å². The monoisotopic (exact) mass is 334 g/mol. The van der Waals surface area contributed by atoms with Crippen LogP contribution in [0.2, 0.25) is 0 Å². The molecular weight excluding hydrogens is 316 g/mol. The van der Waals surface area contributed by atoms with E-state index < -0.39 is 0 Å². The Morgan fingerprint density at radius 1 is 1.00 bits per heavy atom. The van der Waals surface area contributed by atoms with Crippen LogP contribution < -0.4 is 10.6 Å². The van der Waals surface area contributed by atoms with E-state index in [1.165, 1.54) is 16.2 Å². The largest absolute Gasteiger partial charge is 0.355 e. The molecule has 0 spiro atoms. The lowest BCUT2D eigenvalue weighted by atomic mass is 10.3. The minimum Gasteiger partial charge on any atom is -0.355 e. The van der Waals surface area contributed by atoms with Crippen molar-refractivity contribution in [1.29, 1.82) is 0 Å². The fraction of sp³-hybridized carbons (Fsp3) is 0.250. The fourth-order valence-electron chi connectivity index (χ4n) is 1.75. The van der Waals surface area contributed by atoms with Crippen LogP contribution in [0.3, 0.4) is 0 Å². The third kappa shape index (κ3) is 5.91. The maximum Gasteiger partial charge on any atom is 0.261 e. The molecule has 0 atom stereocenters. The Balaban J connectivity index is 1.54. The molecule has 0 bridgehead atoms. The molecule has 0 unspecified atom stereocenters. The van der Waals surface area contributed by atoms with Gasteiger partial charge in [-0.15, -0.1) is 23.1 Å². The molecule has 0 saturated heterocycles. The number of nitrogens with one attached hydrogen (secondary N) is 2. The Bertz CT molecular complexity index is 585. The van der Waals surface area contributed by atoms with Crippen LogP contribution in [0.4, 0.5) is 0 Å². The van der Waals surface area contributed by atoms with Gasteiger partial charge >= 0.3 is 0 Å². The van der Waals surface area contributed by atoms with Gasteiger partial charge in [0.05, 0.1) is 4.88 Å². The average molecular weight is 334 g/mol. The van der Waals surface area contributed by atoms with Crippen molar-refractivity contribution in [2.75, 3.05) is 18.8 Å². The molecule has 2 rings (SSSR count). The molecular formula is C16H18N2O2S2. The smallest absolute Gasteiger partial charge is 0.261 e. The number of carbonyl (C=O) groups excluding carboxylic acids is 2. The lowest BCUT2D eigenvalue weighted by molar-refractivity contribution is -0.120. The number of hydrogen-bond acceptors (Lipinski definition) is 4. The highest BCUT2D eigenvalue weighted by Crippen LogP contribution is 2.15. The zero-order valence-electron chi connectivity index (χ0n) is 12.1. The first-order valence-electron chi connectivity index (χ1n) is 7.02. The zero-order valence-corrected chi connectivity index (χ0v) is 13.7. The van der Waals surface area contributed by atoms with Gasteiger partial charge in [0.25, 0.3) is 5.91 Å². The highest BCUT2D eigenvalue weighted by molar-refractivity contribution is 7.99. The van der Waals surface area contributed by atoms with Gasteiger partial charge in [0.1, 0.15) is 0 Å². The molecule has 0 aliphatic heterocycles. The van der Waals surface area contributed by atoms with Crippen molar-refractivity contribution in [2.45, 2.75) is 11.3 Å². The van der Waals surface area contributed by atoms with Gasteiger partial charge in [-0.05, 0) is 23.6 Å². The maximum absolute atomic E-state index is 11.7. The van der Waals surface area contributed by atoms with E-state index in [0.717, 1.165) is 5.75 Å². The van der Waals surface area contributed by atoms with Crippen LogP contribution in [-0.2, 0) is 4.79 Å². The summed E-state index contributed by atoms with van der Waals surface area (Å²) in [5.74, 6) is 0.666. The molecule has 0 fully saturated rings. The van der Waals surface area contributed by atoms with E-state index in [4.69, 9.17) is 0 Å². The van der Waals surface area contributed by atoms with E-state index in [9.17, 15) is 9.59 Å². The van der Waals surface area contributed by atoms with Crippen LogP contribution in [0.5, 0.6) is 0 Å². The summed E-state index contributed by atoms with van der Waals surface area (Å²) in [6.07, 6.45) is 0.299. The Labute approximate surface area is 138 Å². The predicted molar refractivity (Wildman–Crippen MR) is 91.4 cm³/mol. The average Bonchev–Trinajstić information content (AvgIpc) is 3.07. The maximum atomic E-state index is 11.7. The number of thiophene rings is 1. The van der Waals surface area contributed by atoms with E-state index in [2.05, 4.69) is 10.6 Å². The first kappa shape index (κ1) is 16.6. The summed E-state index contributed by atoms with van der Waals surface area (Å²) >= 11 is 3.10. The van der Waals surface area contributed by atoms with E-state index in [1.54, 1.807) is 17.8 Å². The van der Waals surface area contributed by atoms with Gasteiger partial charge < -0.3 is 10.6 Å². The first-order valence-corrected chi connectivity index (χ1v) is 8.88. The molecule has 2 amide bonds. The molecule has 1 aromatic heterocycles. The normalized spacial score (nSPS) is 10.2. The predicted octanol–water partition coefficient (Wildman–Crippen LogP) is 2.78. The highest BCUT2D eigenvalue weighted by atomic mass is 32.2. The Morgan fingerprint density at radius 2 is 1.82 bits per heavy atom. The van der Waals surface area contributed by atoms with E-state index in [0.29, 0.717) is 24.4 Å². The van der Waals surface area contributed by atoms with Crippen molar-refractivity contribution >= 4 is 34.9 Å². The van der Waals surface area contributed by atoms with Gasteiger partial charge in [-0.1, -0.05) is 24.3 Å². The summed E-state index contributed by atoms with van der Waals surface area (Å²) in [6, 6.07) is 13.7. The van der Waals surface area contributed by atoms with E-state index >= 15 is 0 Å². The number of hydrogen-bond donors (Lipinski definition) is 2. The molecule has 2 aromatic rings. The minimum atomic E-state index is -0.123. The van der Waals surface area contributed by atoms with E-state index in [-0.39, 0.29) is 11.8 Å². The van der Waals surface area contributed by atoms with Gasteiger partial charge in [0.15, 0.2) is 0 Å². The molecule has 4 nitrogen and oxygen atoms in total. The molecule has 0 saturated carbocycles. The molecule has 6 heteroatoms. The third-order valence-electron chi connectivity index (χ3n) is 2.82. The molecule has 2 N–H and O–H groups in total. The summed E-state index contributed by atoms with van der Waals surface area (Å²) in [7, 11) is 0. The standard InChI is InChI=1S/C16H18N2O2S2/c19-15(8-9-18-16(20)14-7-4-11-22-14)17-10-12-21-13-5-2-1-3-6-13/h1-7,11H,8-10,12H2,(H,17,19)(H,18,20). The molecule has 0 aliphatic rings. The number of thioether (sulfide) groups is 1. The lowest BCUT2D eigenvalue weighted by Crippen LogP contribution is -2.31. The lowest BCUT2D eigenvalue weighted by Gasteiger charge is -2.06. The van der Waals surface area contributed by atoms with Crippen LogP contribution in [0.25, 0.3) is 0 Å². The quantitative estimate of drug-likeness (QED) is 0.576. The van der Waals surface area contributed by atoms with Crippen molar-refractivity contribution in [3.63, 3.8) is 0 Å². The van der Waals surface area contributed by atoms with Crippen LogP contribution in [0.1, 0.15) is 16.1 Å². The molecule has 1 heterocycles. The van der Waals surface area contributed by atoms with Gasteiger partial charge in [0.2, 0.25) is 5.91 Å². The van der Waals surface area contributed by atoms with Crippen molar-refractivity contribution in [1.82, 2.24) is 10.6 Å². The van der Waals surface area contributed by atoms with Crippen LogP contribution in [0.15, 0.2) is 52.7 Å². The summed E-state index contributed by atoms with van der Waals surface area (Å²) in [6.45, 7) is 0.978. The fourth-order valence-corrected chi connectivity index (χ4v) is 3.18. The number of amides is 2. The summed E-state index contributed by atoms with van der Waals surface area (Å²) in [5, 5.41) is 7.44. The molecule has 22 heavy (non-hydrogen) atoms. The van der Waals surface area contributed by atoms with Gasteiger partial charge in [-0.2, -0.15) is 0 Å². The third-order valence-corrected chi connectivity index (χ3v) is 4.70. The Kier molecular flexibility index (Phi) is 6.99. The van der Waals surface area contributed by atoms with Crippen LogP contribution in [-0.4, -0.2) is 30.7 Å². The molecule has 1 aromatic carbocycles. The van der Waals surface area contributed by atoms with Crippen molar-refractivity contribution < 1.29 is 9.59 Å². The summed E-state index contributed by atoms with van der Waals surface area (Å²) in [4.78, 5) is 25.2. The Hall–Kier alpha value is -1.79.